The van der Waals surface area contributed by atoms with Gasteiger partial charge < -0.3 is 14.4 Å². The minimum atomic E-state index is -0.0692. The van der Waals surface area contributed by atoms with Crippen molar-refractivity contribution < 1.29 is 9.47 Å². The predicted octanol–water partition coefficient (Wildman–Crippen LogP) is 2.45. The van der Waals surface area contributed by atoms with Crippen molar-refractivity contribution in [2.24, 2.45) is 5.92 Å². The zero-order chi connectivity index (χ0) is 15.4. The molecule has 22 heavy (non-hydrogen) atoms. The summed E-state index contributed by atoms with van der Waals surface area (Å²) in [7, 11) is 0. The molecule has 0 radical (unpaired) electrons. The molecule has 1 aliphatic heterocycles. The van der Waals surface area contributed by atoms with Gasteiger partial charge in [0.25, 0.3) is 0 Å². The number of hydrogen-bond donors (Lipinski definition) is 0. The van der Waals surface area contributed by atoms with Crippen molar-refractivity contribution >= 4 is 5.95 Å². The van der Waals surface area contributed by atoms with Gasteiger partial charge in [-0.05, 0) is 31.7 Å². The largest absolute Gasteiger partial charge is 0.381 e. The molecule has 1 aliphatic carbocycles. The Morgan fingerprint density at radius 1 is 1.36 bits per heavy atom. The highest BCUT2D eigenvalue weighted by Gasteiger charge is 2.47. The van der Waals surface area contributed by atoms with Crippen molar-refractivity contribution in [2.75, 3.05) is 37.8 Å². The fraction of sp³-hybridized carbons (Fsp3) is 0.765. The first-order valence-electron chi connectivity index (χ1n) is 8.55. The van der Waals surface area contributed by atoms with E-state index >= 15 is 0 Å². The van der Waals surface area contributed by atoms with E-state index in [0.29, 0.717) is 5.92 Å². The summed E-state index contributed by atoms with van der Waals surface area (Å²) in [4.78, 5) is 11.4. The van der Waals surface area contributed by atoms with Gasteiger partial charge in [0.2, 0.25) is 5.95 Å². The van der Waals surface area contributed by atoms with Crippen LogP contribution in [0, 0.1) is 5.92 Å². The molecular weight excluding hydrogens is 278 g/mol. The van der Waals surface area contributed by atoms with Gasteiger partial charge in [0.15, 0.2) is 0 Å². The van der Waals surface area contributed by atoms with Crippen LogP contribution in [0.2, 0.25) is 0 Å². The number of anilines is 1. The molecule has 5 nitrogen and oxygen atoms in total. The van der Waals surface area contributed by atoms with Gasteiger partial charge in [0, 0.05) is 31.5 Å². The van der Waals surface area contributed by atoms with Crippen molar-refractivity contribution in [3.8, 4) is 0 Å². The number of morpholine rings is 1. The molecule has 5 heteroatoms. The highest BCUT2D eigenvalue weighted by atomic mass is 16.5. The molecule has 1 saturated heterocycles. The SMILES string of the molecule is CCOC[C@@H]1CCC[C@@]12CN(c1ncc(CC)cn1)CCO2. The van der Waals surface area contributed by atoms with Gasteiger partial charge >= 0.3 is 0 Å². The molecule has 1 saturated carbocycles. The standard InChI is InChI=1S/C17H27N3O2/c1-3-14-10-18-16(19-11-14)20-8-9-22-17(13-20)7-5-6-15(17)12-21-4-2/h10-11,15H,3-9,12-13H2,1-2H3/t15-,17+/m0/s1. The Kier molecular flexibility index (Phi) is 4.93. The van der Waals surface area contributed by atoms with Gasteiger partial charge in [0.1, 0.15) is 0 Å². The average Bonchev–Trinajstić information content (AvgIpc) is 2.94. The number of rotatable bonds is 5. The number of ether oxygens (including phenoxy) is 2. The lowest BCUT2D eigenvalue weighted by Gasteiger charge is -2.44. The van der Waals surface area contributed by atoms with Crippen molar-refractivity contribution in [1.29, 1.82) is 0 Å². The molecule has 0 amide bonds. The zero-order valence-electron chi connectivity index (χ0n) is 13.8. The van der Waals surface area contributed by atoms with Crippen LogP contribution in [-0.4, -0.2) is 48.5 Å². The Morgan fingerprint density at radius 2 is 2.18 bits per heavy atom. The molecule has 3 rings (SSSR count). The van der Waals surface area contributed by atoms with E-state index in [1.807, 2.05) is 12.4 Å². The predicted molar refractivity (Wildman–Crippen MR) is 86.1 cm³/mol. The molecule has 0 N–H and O–H groups in total. The van der Waals surface area contributed by atoms with Crippen LogP contribution < -0.4 is 4.90 Å². The van der Waals surface area contributed by atoms with Gasteiger partial charge in [-0.1, -0.05) is 13.3 Å². The Hall–Kier alpha value is -1.20. The molecule has 1 aromatic heterocycles. The molecule has 0 bridgehead atoms. The maximum atomic E-state index is 6.26. The number of hydrogen-bond acceptors (Lipinski definition) is 5. The minimum absolute atomic E-state index is 0.0692. The van der Waals surface area contributed by atoms with Crippen molar-refractivity contribution in [3.05, 3.63) is 18.0 Å². The van der Waals surface area contributed by atoms with Crippen LogP contribution in [-0.2, 0) is 15.9 Å². The molecule has 122 valence electrons. The van der Waals surface area contributed by atoms with E-state index < -0.39 is 0 Å². The molecule has 1 aromatic rings. The topological polar surface area (TPSA) is 47.5 Å². The van der Waals surface area contributed by atoms with Crippen LogP contribution in [0.5, 0.6) is 0 Å². The minimum Gasteiger partial charge on any atom is -0.381 e. The highest BCUT2D eigenvalue weighted by molar-refractivity contribution is 5.32. The molecule has 2 fully saturated rings. The van der Waals surface area contributed by atoms with Crippen molar-refractivity contribution in [2.45, 2.75) is 45.1 Å². The van der Waals surface area contributed by atoms with Gasteiger partial charge in [-0.15, -0.1) is 0 Å². The molecule has 0 aromatic carbocycles. The second kappa shape index (κ2) is 6.92. The third-order valence-corrected chi connectivity index (χ3v) is 5.01. The summed E-state index contributed by atoms with van der Waals surface area (Å²) in [5.41, 5.74) is 1.11. The third kappa shape index (κ3) is 3.10. The van der Waals surface area contributed by atoms with Crippen LogP contribution in [0.15, 0.2) is 12.4 Å². The van der Waals surface area contributed by atoms with Crippen molar-refractivity contribution in [1.82, 2.24) is 9.97 Å². The first-order valence-corrected chi connectivity index (χ1v) is 8.55. The van der Waals surface area contributed by atoms with Crippen LogP contribution in [0.25, 0.3) is 0 Å². The summed E-state index contributed by atoms with van der Waals surface area (Å²) in [6.07, 6.45) is 8.40. The van der Waals surface area contributed by atoms with Crippen molar-refractivity contribution in [3.63, 3.8) is 0 Å². The first-order chi connectivity index (χ1) is 10.8. The van der Waals surface area contributed by atoms with E-state index in [1.54, 1.807) is 0 Å². The van der Waals surface area contributed by atoms with E-state index in [0.717, 1.165) is 51.7 Å². The number of aromatic nitrogens is 2. The van der Waals surface area contributed by atoms with Gasteiger partial charge in [-0.2, -0.15) is 0 Å². The smallest absolute Gasteiger partial charge is 0.225 e. The van der Waals surface area contributed by atoms with E-state index in [-0.39, 0.29) is 5.60 Å². The summed E-state index contributed by atoms with van der Waals surface area (Å²) in [5.74, 6) is 1.33. The lowest BCUT2D eigenvalue weighted by atomic mass is 9.89. The monoisotopic (exact) mass is 305 g/mol. The van der Waals surface area contributed by atoms with E-state index in [9.17, 15) is 0 Å². The Balaban J connectivity index is 1.72. The molecule has 2 heterocycles. The summed E-state index contributed by atoms with van der Waals surface area (Å²) >= 11 is 0. The second-order valence-electron chi connectivity index (χ2n) is 6.33. The van der Waals surface area contributed by atoms with E-state index in [2.05, 4.69) is 28.7 Å². The molecule has 1 spiro atoms. The third-order valence-electron chi connectivity index (χ3n) is 5.01. The fourth-order valence-electron chi connectivity index (χ4n) is 3.68. The van der Waals surface area contributed by atoms with Crippen LogP contribution >= 0.6 is 0 Å². The van der Waals surface area contributed by atoms with Crippen LogP contribution in [0.1, 0.15) is 38.7 Å². The first kappa shape index (κ1) is 15.7. The lowest BCUT2D eigenvalue weighted by Crippen LogP contribution is -2.55. The normalized spacial score (nSPS) is 28.5. The molecule has 0 unspecified atom stereocenters. The van der Waals surface area contributed by atoms with Gasteiger partial charge in [-0.3, -0.25) is 0 Å². The van der Waals surface area contributed by atoms with Gasteiger partial charge in [0.05, 0.1) is 25.4 Å². The lowest BCUT2D eigenvalue weighted by molar-refractivity contribution is -0.0983. The van der Waals surface area contributed by atoms with Gasteiger partial charge in [-0.25, -0.2) is 9.97 Å². The maximum absolute atomic E-state index is 6.26. The molecule has 2 aliphatic rings. The van der Waals surface area contributed by atoms with E-state index in [1.165, 1.54) is 18.4 Å². The van der Waals surface area contributed by atoms with E-state index in [4.69, 9.17) is 9.47 Å². The average molecular weight is 305 g/mol. The number of nitrogens with zero attached hydrogens (tertiary/aromatic N) is 3. The maximum Gasteiger partial charge on any atom is 0.225 e. The second-order valence-corrected chi connectivity index (χ2v) is 6.33. The summed E-state index contributed by atoms with van der Waals surface area (Å²) in [5, 5.41) is 0. The Morgan fingerprint density at radius 3 is 2.91 bits per heavy atom. The fourth-order valence-corrected chi connectivity index (χ4v) is 3.68. The van der Waals surface area contributed by atoms with Crippen LogP contribution in [0.3, 0.4) is 0 Å². The quantitative estimate of drug-likeness (QED) is 0.836. The van der Waals surface area contributed by atoms with Crippen LogP contribution in [0.4, 0.5) is 5.95 Å². The Bertz CT molecular complexity index is 479. The highest BCUT2D eigenvalue weighted by Crippen LogP contribution is 2.41. The summed E-state index contributed by atoms with van der Waals surface area (Å²) < 4.78 is 11.9. The molecular formula is C17H27N3O2. The Labute approximate surface area is 133 Å². The molecule has 2 atom stereocenters. The summed E-state index contributed by atoms with van der Waals surface area (Å²) in [6.45, 7) is 8.27. The zero-order valence-corrected chi connectivity index (χ0v) is 13.8. The summed E-state index contributed by atoms with van der Waals surface area (Å²) in [6, 6.07) is 0. The number of aryl methyl sites for hydroxylation is 1.